The van der Waals surface area contributed by atoms with Crippen LogP contribution in [-0.4, -0.2) is 35.8 Å². The van der Waals surface area contributed by atoms with E-state index in [0.29, 0.717) is 11.3 Å². The van der Waals surface area contributed by atoms with Crippen molar-refractivity contribution in [3.8, 4) is 0 Å². The molecular formula is C15H23N3O2. The van der Waals surface area contributed by atoms with E-state index in [1.807, 2.05) is 20.8 Å². The Morgan fingerprint density at radius 1 is 1.25 bits per heavy atom. The van der Waals surface area contributed by atoms with Crippen molar-refractivity contribution in [1.29, 1.82) is 0 Å². The van der Waals surface area contributed by atoms with E-state index in [0.717, 1.165) is 6.42 Å². The average molecular weight is 277 g/mol. The Kier molecular flexibility index (Phi) is 5.13. The monoisotopic (exact) mass is 277 g/mol. The van der Waals surface area contributed by atoms with E-state index in [1.54, 1.807) is 36.2 Å². The number of hydrogen-bond acceptors (Lipinski definition) is 3. The highest BCUT2D eigenvalue weighted by molar-refractivity contribution is 5.96. The molecule has 0 bridgehead atoms. The van der Waals surface area contributed by atoms with Crippen LogP contribution in [0.25, 0.3) is 0 Å². The van der Waals surface area contributed by atoms with Gasteiger partial charge in [0.05, 0.1) is 6.54 Å². The lowest BCUT2D eigenvalue weighted by molar-refractivity contribution is -0.133. The normalized spacial score (nSPS) is 11.0. The third-order valence-electron chi connectivity index (χ3n) is 3.72. The first-order valence-corrected chi connectivity index (χ1v) is 6.68. The molecule has 1 aromatic rings. The molecule has 0 radical (unpaired) electrons. The first-order valence-electron chi connectivity index (χ1n) is 6.68. The van der Waals surface area contributed by atoms with Crippen molar-refractivity contribution in [3.05, 3.63) is 29.8 Å². The van der Waals surface area contributed by atoms with Crippen LogP contribution >= 0.6 is 0 Å². The second kappa shape index (κ2) is 6.41. The van der Waals surface area contributed by atoms with Gasteiger partial charge >= 0.3 is 0 Å². The number of anilines is 1. The van der Waals surface area contributed by atoms with Gasteiger partial charge in [-0.2, -0.15) is 0 Å². The molecule has 0 aliphatic rings. The third-order valence-corrected chi connectivity index (χ3v) is 3.72. The summed E-state index contributed by atoms with van der Waals surface area (Å²) in [4.78, 5) is 25.6. The number of carbonyl (C=O) groups excluding carboxylic acids is 2. The van der Waals surface area contributed by atoms with Crippen LogP contribution in [0, 0.1) is 0 Å². The first kappa shape index (κ1) is 16.0. The number of hydrogen-bond donors (Lipinski definition) is 2. The van der Waals surface area contributed by atoms with Crippen molar-refractivity contribution >= 4 is 17.5 Å². The van der Waals surface area contributed by atoms with Crippen molar-refractivity contribution < 1.29 is 9.59 Å². The summed E-state index contributed by atoms with van der Waals surface area (Å²) in [5.41, 5.74) is 6.43. The van der Waals surface area contributed by atoms with Crippen molar-refractivity contribution in [3.63, 3.8) is 0 Å². The minimum atomic E-state index is -0.277. The summed E-state index contributed by atoms with van der Waals surface area (Å²) in [7, 11) is 1.75. The lowest BCUT2D eigenvalue weighted by Gasteiger charge is -2.34. The number of likely N-dealkylation sites (N-methyl/N-ethyl adjacent to an activating group) is 1. The molecule has 0 atom stereocenters. The predicted octanol–water partition coefficient (Wildman–Crippen LogP) is 1.65. The first-order chi connectivity index (χ1) is 9.27. The molecule has 0 unspecified atom stereocenters. The van der Waals surface area contributed by atoms with E-state index in [9.17, 15) is 9.59 Å². The molecule has 1 aromatic carbocycles. The van der Waals surface area contributed by atoms with Crippen LogP contribution < -0.4 is 11.1 Å². The summed E-state index contributed by atoms with van der Waals surface area (Å²) in [6.45, 7) is 6.00. The van der Waals surface area contributed by atoms with Gasteiger partial charge in [-0.05, 0) is 44.5 Å². The molecule has 0 heterocycles. The Hall–Kier alpha value is -2.04. The van der Waals surface area contributed by atoms with Gasteiger partial charge < -0.3 is 16.0 Å². The zero-order chi connectivity index (χ0) is 15.3. The van der Waals surface area contributed by atoms with Gasteiger partial charge in [-0.15, -0.1) is 0 Å². The molecule has 110 valence electrons. The van der Waals surface area contributed by atoms with Gasteiger partial charge in [0.25, 0.3) is 5.91 Å². The van der Waals surface area contributed by atoms with Crippen LogP contribution in [-0.2, 0) is 4.79 Å². The lowest BCUT2D eigenvalue weighted by Crippen LogP contribution is -2.48. The molecule has 1 rings (SSSR count). The number of nitrogen functional groups attached to an aromatic ring is 1. The molecule has 3 N–H and O–H groups in total. The van der Waals surface area contributed by atoms with Crippen LogP contribution in [0.2, 0.25) is 0 Å². The minimum Gasteiger partial charge on any atom is -0.399 e. The topological polar surface area (TPSA) is 75.4 Å². The van der Waals surface area contributed by atoms with E-state index in [2.05, 4.69) is 5.32 Å². The second-order valence-corrected chi connectivity index (χ2v) is 5.42. The van der Waals surface area contributed by atoms with Crippen LogP contribution in [0.4, 0.5) is 5.69 Å². The average Bonchev–Trinajstić information content (AvgIpc) is 2.44. The Bertz CT molecular complexity index is 480. The molecule has 0 spiro atoms. The molecule has 0 aromatic heterocycles. The molecule has 2 amide bonds. The van der Waals surface area contributed by atoms with Crippen molar-refractivity contribution in [2.75, 3.05) is 19.3 Å². The number of carbonyl (C=O) groups is 2. The van der Waals surface area contributed by atoms with E-state index in [4.69, 9.17) is 5.73 Å². The van der Waals surface area contributed by atoms with E-state index < -0.39 is 0 Å². The van der Waals surface area contributed by atoms with Crippen molar-refractivity contribution in [2.45, 2.75) is 32.7 Å². The number of rotatable bonds is 5. The Morgan fingerprint density at radius 2 is 1.80 bits per heavy atom. The standard InChI is InChI=1S/C15H23N3O2/c1-5-15(2,3)18(4)13(19)10-17-14(20)11-6-8-12(16)9-7-11/h6-9H,5,10,16H2,1-4H3,(H,17,20). The predicted molar refractivity (Wildman–Crippen MR) is 80.3 cm³/mol. The number of benzene rings is 1. The maximum atomic E-state index is 12.0. The fraction of sp³-hybridized carbons (Fsp3) is 0.467. The van der Waals surface area contributed by atoms with Crippen LogP contribution in [0.3, 0.4) is 0 Å². The van der Waals surface area contributed by atoms with Gasteiger partial charge in [-0.1, -0.05) is 6.92 Å². The summed E-state index contributed by atoms with van der Waals surface area (Å²) in [5.74, 6) is -0.387. The smallest absolute Gasteiger partial charge is 0.251 e. The molecule has 5 nitrogen and oxygen atoms in total. The van der Waals surface area contributed by atoms with Gasteiger partial charge in [-0.25, -0.2) is 0 Å². The molecule has 0 aliphatic heterocycles. The highest BCUT2D eigenvalue weighted by atomic mass is 16.2. The Labute approximate surface area is 120 Å². The second-order valence-electron chi connectivity index (χ2n) is 5.42. The van der Waals surface area contributed by atoms with Gasteiger partial charge in [0, 0.05) is 23.8 Å². The zero-order valence-electron chi connectivity index (χ0n) is 12.6. The molecule has 20 heavy (non-hydrogen) atoms. The quantitative estimate of drug-likeness (QED) is 0.803. The van der Waals surface area contributed by atoms with Crippen LogP contribution in [0.15, 0.2) is 24.3 Å². The fourth-order valence-corrected chi connectivity index (χ4v) is 1.59. The maximum Gasteiger partial charge on any atom is 0.251 e. The summed E-state index contributed by atoms with van der Waals surface area (Å²) in [6.07, 6.45) is 0.848. The summed E-state index contributed by atoms with van der Waals surface area (Å²) in [6, 6.07) is 6.58. The van der Waals surface area contributed by atoms with Gasteiger partial charge in [0.2, 0.25) is 5.91 Å². The Balaban J connectivity index is 2.57. The largest absolute Gasteiger partial charge is 0.399 e. The summed E-state index contributed by atoms with van der Waals surface area (Å²) in [5, 5.41) is 2.62. The van der Waals surface area contributed by atoms with Crippen molar-refractivity contribution in [1.82, 2.24) is 10.2 Å². The minimum absolute atomic E-state index is 0.0108. The number of nitrogens with two attached hydrogens (primary N) is 1. The fourth-order valence-electron chi connectivity index (χ4n) is 1.59. The van der Waals surface area contributed by atoms with Gasteiger partial charge in [0.1, 0.15) is 0 Å². The zero-order valence-corrected chi connectivity index (χ0v) is 12.6. The molecule has 0 saturated heterocycles. The molecule has 5 heteroatoms. The van der Waals surface area contributed by atoms with Crippen molar-refractivity contribution in [2.24, 2.45) is 0 Å². The highest BCUT2D eigenvalue weighted by Gasteiger charge is 2.25. The molecule has 0 fully saturated rings. The molecular weight excluding hydrogens is 254 g/mol. The Morgan fingerprint density at radius 3 is 2.30 bits per heavy atom. The molecule has 0 aliphatic carbocycles. The van der Waals surface area contributed by atoms with Crippen LogP contribution in [0.5, 0.6) is 0 Å². The van der Waals surface area contributed by atoms with E-state index >= 15 is 0 Å². The molecule has 0 saturated carbocycles. The SMILES string of the molecule is CCC(C)(C)N(C)C(=O)CNC(=O)c1ccc(N)cc1. The number of nitrogens with one attached hydrogen (secondary N) is 1. The number of nitrogens with zero attached hydrogens (tertiary/aromatic N) is 1. The lowest BCUT2D eigenvalue weighted by atomic mass is 10.00. The van der Waals surface area contributed by atoms with Crippen LogP contribution in [0.1, 0.15) is 37.6 Å². The number of amides is 2. The highest BCUT2D eigenvalue weighted by Crippen LogP contribution is 2.16. The van der Waals surface area contributed by atoms with Gasteiger partial charge in [0.15, 0.2) is 0 Å². The third kappa shape index (κ3) is 3.98. The summed E-state index contributed by atoms with van der Waals surface area (Å²) < 4.78 is 0. The summed E-state index contributed by atoms with van der Waals surface area (Å²) >= 11 is 0. The maximum absolute atomic E-state index is 12.0. The van der Waals surface area contributed by atoms with E-state index in [1.165, 1.54) is 0 Å². The van der Waals surface area contributed by atoms with E-state index in [-0.39, 0.29) is 23.9 Å². The van der Waals surface area contributed by atoms with Gasteiger partial charge in [-0.3, -0.25) is 9.59 Å².